The van der Waals surface area contributed by atoms with Gasteiger partial charge < -0.3 is 4.42 Å². The molecule has 0 spiro atoms. The molecule has 0 amide bonds. The molecule has 6 aromatic carbocycles. The molecular formula is C39H25N3O. The number of furan rings is 1. The third kappa shape index (κ3) is 4.65. The highest BCUT2D eigenvalue weighted by molar-refractivity contribution is 6.12. The van der Waals surface area contributed by atoms with Gasteiger partial charge in [-0.1, -0.05) is 133 Å². The summed E-state index contributed by atoms with van der Waals surface area (Å²) in [4.78, 5) is 14.8. The summed E-state index contributed by atoms with van der Waals surface area (Å²) in [6.45, 7) is 0. The average molecular weight is 557 g/mol. The second kappa shape index (κ2) is 10.5. The SMILES string of the molecule is [2H]c1c([2H])c([2H])c(-c2ccc3oc4cccc(-c5nc(-c6ccccc6)nc(-c6ccc(-c7ccccc7)cc6)n5)c4c3c2)c([2H])c1[2H]. The van der Waals surface area contributed by atoms with E-state index in [2.05, 4.69) is 24.3 Å². The van der Waals surface area contributed by atoms with E-state index in [0.717, 1.165) is 27.6 Å². The highest BCUT2D eigenvalue weighted by Crippen LogP contribution is 2.38. The molecule has 0 aliphatic rings. The van der Waals surface area contributed by atoms with Crippen LogP contribution in [0.5, 0.6) is 0 Å². The Bertz CT molecular complexity index is 2470. The lowest BCUT2D eigenvalue weighted by molar-refractivity contribution is 0.669. The molecule has 202 valence electrons. The minimum absolute atomic E-state index is 0.127. The van der Waals surface area contributed by atoms with E-state index in [0.29, 0.717) is 45.2 Å². The van der Waals surface area contributed by atoms with E-state index in [-0.39, 0.29) is 29.7 Å². The fourth-order valence-electron chi connectivity index (χ4n) is 5.35. The van der Waals surface area contributed by atoms with Gasteiger partial charge in [-0.2, -0.15) is 0 Å². The molecule has 0 bridgehead atoms. The lowest BCUT2D eigenvalue weighted by Gasteiger charge is -2.10. The Morgan fingerprint density at radius 1 is 0.442 bits per heavy atom. The van der Waals surface area contributed by atoms with Crippen molar-refractivity contribution in [2.45, 2.75) is 0 Å². The predicted molar refractivity (Wildman–Crippen MR) is 174 cm³/mol. The van der Waals surface area contributed by atoms with Crippen LogP contribution in [-0.2, 0) is 0 Å². The zero-order valence-electron chi connectivity index (χ0n) is 27.8. The molecular weight excluding hydrogens is 526 g/mol. The Morgan fingerprint density at radius 2 is 1.02 bits per heavy atom. The Kier molecular flexibility index (Phi) is 4.91. The van der Waals surface area contributed by atoms with E-state index < -0.39 is 6.04 Å². The molecule has 0 saturated heterocycles. The van der Waals surface area contributed by atoms with E-state index in [1.54, 1.807) is 18.2 Å². The smallest absolute Gasteiger partial charge is 0.164 e. The number of hydrogen-bond acceptors (Lipinski definition) is 4. The van der Waals surface area contributed by atoms with Crippen molar-refractivity contribution in [3.05, 3.63) is 152 Å². The zero-order chi connectivity index (χ0) is 32.9. The molecule has 2 heterocycles. The molecule has 0 saturated carbocycles. The minimum Gasteiger partial charge on any atom is -0.456 e. The molecule has 0 unspecified atom stereocenters. The van der Waals surface area contributed by atoms with Crippen molar-refractivity contribution in [1.82, 2.24) is 15.0 Å². The van der Waals surface area contributed by atoms with Crippen LogP contribution >= 0.6 is 0 Å². The van der Waals surface area contributed by atoms with E-state index in [1.807, 2.05) is 78.9 Å². The van der Waals surface area contributed by atoms with Gasteiger partial charge in [-0.25, -0.2) is 15.0 Å². The van der Waals surface area contributed by atoms with Gasteiger partial charge in [0.1, 0.15) is 11.2 Å². The van der Waals surface area contributed by atoms with Gasteiger partial charge in [0.25, 0.3) is 0 Å². The fourth-order valence-corrected chi connectivity index (χ4v) is 5.35. The summed E-state index contributed by atoms with van der Waals surface area (Å²) in [6, 6.07) is 37.3. The van der Waals surface area contributed by atoms with Crippen molar-refractivity contribution in [2.75, 3.05) is 0 Å². The molecule has 4 heteroatoms. The molecule has 4 nitrogen and oxygen atoms in total. The van der Waals surface area contributed by atoms with Crippen LogP contribution in [-0.4, -0.2) is 15.0 Å². The van der Waals surface area contributed by atoms with E-state index in [1.165, 1.54) is 0 Å². The van der Waals surface area contributed by atoms with Crippen LogP contribution in [0.15, 0.2) is 156 Å². The Hall–Kier alpha value is -5.87. The largest absolute Gasteiger partial charge is 0.456 e. The molecule has 0 fully saturated rings. The van der Waals surface area contributed by atoms with Gasteiger partial charge >= 0.3 is 0 Å². The van der Waals surface area contributed by atoms with E-state index in [9.17, 15) is 0 Å². The minimum atomic E-state index is -0.430. The molecule has 0 atom stereocenters. The third-order valence-electron chi connectivity index (χ3n) is 7.44. The molecule has 0 N–H and O–H groups in total. The van der Waals surface area contributed by atoms with Gasteiger partial charge in [0.2, 0.25) is 0 Å². The first-order valence-corrected chi connectivity index (χ1v) is 13.9. The average Bonchev–Trinajstić information content (AvgIpc) is 3.52. The molecule has 2 aromatic heterocycles. The van der Waals surface area contributed by atoms with Gasteiger partial charge in [0.05, 0.1) is 6.85 Å². The van der Waals surface area contributed by atoms with Crippen LogP contribution < -0.4 is 0 Å². The first kappa shape index (κ1) is 20.1. The number of aromatic nitrogens is 3. The number of rotatable bonds is 5. The molecule has 8 rings (SSSR count). The topological polar surface area (TPSA) is 51.8 Å². The zero-order valence-corrected chi connectivity index (χ0v) is 22.8. The Labute approximate surface area is 256 Å². The fraction of sp³-hybridized carbons (Fsp3) is 0. The summed E-state index contributed by atoms with van der Waals surface area (Å²) in [5, 5.41) is 1.46. The first-order valence-electron chi connectivity index (χ1n) is 16.4. The van der Waals surface area contributed by atoms with Gasteiger partial charge in [-0.05, 0) is 40.5 Å². The summed E-state index contributed by atoms with van der Waals surface area (Å²) < 4.78 is 47.7. The summed E-state index contributed by atoms with van der Waals surface area (Å²) in [7, 11) is 0. The van der Waals surface area contributed by atoms with Gasteiger partial charge in [-0.3, -0.25) is 0 Å². The van der Waals surface area contributed by atoms with Crippen molar-refractivity contribution in [2.24, 2.45) is 0 Å². The molecule has 0 radical (unpaired) electrons. The summed E-state index contributed by atoms with van der Waals surface area (Å²) in [6.07, 6.45) is 0. The standard InChI is InChI=1S/C39H25N3O/c1-4-11-26(12-5-1)28-19-21-30(22-20-28)38-40-37(29-15-8-3-9-16-29)41-39(42-38)32-17-10-18-35-36(32)33-25-31(23-24-34(33)43-35)27-13-6-2-7-14-27/h1-25H/i2D,6D,7D,13D,14D. The van der Waals surface area contributed by atoms with Crippen LogP contribution in [0.3, 0.4) is 0 Å². The quantitative estimate of drug-likeness (QED) is 0.212. The lowest BCUT2D eigenvalue weighted by atomic mass is 10.0. The van der Waals surface area contributed by atoms with Crippen molar-refractivity contribution < 1.29 is 11.3 Å². The Balaban J connectivity index is 1.33. The van der Waals surface area contributed by atoms with Gasteiger partial charge in [0, 0.05) is 27.5 Å². The highest BCUT2D eigenvalue weighted by atomic mass is 16.3. The number of benzene rings is 6. The second-order valence-electron chi connectivity index (χ2n) is 10.1. The van der Waals surface area contributed by atoms with Gasteiger partial charge in [-0.15, -0.1) is 0 Å². The maximum Gasteiger partial charge on any atom is 0.164 e. The lowest BCUT2D eigenvalue weighted by Crippen LogP contribution is -2.00. The molecule has 0 aliphatic carbocycles. The molecule has 43 heavy (non-hydrogen) atoms. The van der Waals surface area contributed by atoms with Crippen LogP contribution in [0.4, 0.5) is 0 Å². The third-order valence-corrected chi connectivity index (χ3v) is 7.44. The van der Waals surface area contributed by atoms with E-state index >= 15 is 0 Å². The number of nitrogens with zero attached hydrogens (tertiary/aromatic N) is 3. The van der Waals surface area contributed by atoms with Gasteiger partial charge in [0.15, 0.2) is 17.5 Å². The summed E-state index contributed by atoms with van der Waals surface area (Å²) >= 11 is 0. The second-order valence-corrected chi connectivity index (χ2v) is 10.1. The van der Waals surface area contributed by atoms with Crippen molar-refractivity contribution in [3.8, 4) is 56.4 Å². The van der Waals surface area contributed by atoms with Crippen LogP contribution in [0, 0.1) is 0 Å². The molecule has 0 aliphatic heterocycles. The highest BCUT2D eigenvalue weighted by Gasteiger charge is 2.18. The van der Waals surface area contributed by atoms with Crippen molar-refractivity contribution in [3.63, 3.8) is 0 Å². The summed E-state index contributed by atoms with van der Waals surface area (Å²) in [5.41, 5.74) is 6.40. The number of fused-ring (bicyclic) bond motifs is 3. The van der Waals surface area contributed by atoms with Crippen LogP contribution in [0.2, 0.25) is 0 Å². The maximum absolute atomic E-state index is 8.53. The summed E-state index contributed by atoms with van der Waals surface area (Å²) in [5.74, 6) is 1.49. The normalized spacial score (nSPS) is 12.9. The molecule has 8 aromatic rings. The Morgan fingerprint density at radius 3 is 1.74 bits per heavy atom. The first-order chi connectivity index (χ1) is 23.4. The van der Waals surface area contributed by atoms with E-state index in [4.69, 9.17) is 26.2 Å². The van der Waals surface area contributed by atoms with Crippen LogP contribution in [0.25, 0.3) is 78.4 Å². The number of hydrogen-bond donors (Lipinski definition) is 0. The van der Waals surface area contributed by atoms with Crippen LogP contribution in [0.1, 0.15) is 6.85 Å². The predicted octanol–water partition coefficient (Wildman–Crippen LogP) is 10.1. The van der Waals surface area contributed by atoms with Crippen molar-refractivity contribution >= 4 is 21.9 Å². The van der Waals surface area contributed by atoms with Crippen molar-refractivity contribution in [1.29, 1.82) is 0 Å². The monoisotopic (exact) mass is 556 g/mol. The maximum atomic E-state index is 8.53.